The van der Waals surface area contributed by atoms with E-state index >= 15 is 0 Å². The van der Waals surface area contributed by atoms with E-state index in [2.05, 4.69) is 20.3 Å². The van der Waals surface area contributed by atoms with Gasteiger partial charge in [-0.1, -0.05) is 0 Å². The first-order valence-electron chi connectivity index (χ1n) is 9.77. The molecule has 166 valence electrons. The summed E-state index contributed by atoms with van der Waals surface area (Å²) in [7, 11) is 1.52. The standard InChI is InChI=1S/C21H25F2N5O3/c1-12(2)28-11-15(14-8-18(25-13(3)29)24-10-17(14)28)16-9-19(31-7-6-30-5)27-20(26-16)21(4,22)23/h8-12H,6-7H2,1-5H3,(H,24,25,29). The number of nitrogens with zero attached hydrogens (tertiary/aromatic N) is 4. The largest absolute Gasteiger partial charge is 0.475 e. The van der Waals surface area contributed by atoms with E-state index in [0.29, 0.717) is 16.8 Å². The number of amides is 1. The lowest BCUT2D eigenvalue weighted by molar-refractivity contribution is -0.114. The number of pyridine rings is 1. The Morgan fingerprint density at radius 2 is 2.00 bits per heavy atom. The second-order valence-corrected chi connectivity index (χ2v) is 7.46. The predicted octanol–water partition coefficient (Wildman–Crippen LogP) is 4.17. The van der Waals surface area contributed by atoms with Crippen LogP contribution in [0.15, 0.2) is 24.5 Å². The molecular weight excluding hydrogens is 408 g/mol. The number of anilines is 1. The second-order valence-electron chi connectivity index (χ2n) is 7.46. The van der Waals surface area contributed by atoms with Crippen LogP contribution in [-0.4, -0.2) is 45.7 Å². The Bertz CT molecular complexity index is 1090. The van der Waals surface area contributed by atoms with Gasteiger partial charge in [-0.3, -0.25) is 4.79 Å². The normalized spacial score (nSPS) is 11.9. The van der Waals surface area contributed by atoms with Crippen LogP contribution in [0.3, 0.4) is 0 Å². The quantitative estimate of drug-likeness (QED) is 0.536. The summed E-state index contributed by atoms with van der Waals surface area (Å²) in [5, 5.41) is 3.35. The molecule has 0 saturated heterocycles. The van der Waals surface area contributed by atoms with Gasteiger partial charge in [0.2, 0.25) is 17.6 Å². The van der Waals surface area contributed by atoms with E-state index in [1.54, 1.807) is 12.3 Å². The summed E-state index contributed by atoms with van der Waals surface area (Å²) in [6.45, 7) is 6.56. The number of aromatic nitrogens is 4. The Morgan fingerprint density at radius 1 is 1.26 bits per heavy atom. The molecule has 10 heteroatoms. The van der Waals surface area contributed by atoms with Gasteiger partial charge in [0.25, 0.3) is 0 Å². The maximum absolute atomic E-state index is 14.1. The number of nitrogens with one attached hydrogen (secondary N) is 1. The molecule has 8 nitrogen and oxygen atoms in total. The molecule has 0 aliphatic heterocycles. The monoisotopic (exact) mass is 433 g/mol. The molecule has 3 aromatic heterocycles. The lowest BCUT2D eigenvalue weighted by Crippen LogP contribution is -2.15. The number of rotatable bonds is 8. The number of fused-ring (bicyclic) bond motifs is 1. The first kappa shape index (κ1) is 22.5. The minimum Gasteiger partial charge on any atom is -0.475 e. The molecule has 3 aromatic rings. The average Bonchev–Trinajstić information content (AvgIpc) is 3.06. The van der Waals surface area contributed by atoms with E-state index in [4.69, 9.17) is 9.47 Å². The number of carbonyl (C=O) groups is 1. The summed E-state index contributed by atoms with van der Waals surface area (Å²) in [5.41, 5.74) is 1.66. The lowest BCUT2D eigenvalue weighted by atomic mass is 10.1. The number of methoxy groups -OCH3 is 1. The van der Waals surface area contributed by atoms with Crippen LogP contribution in [0.25, 0.3) is 22.2 Å². The van der Waals surface area contributed by atoms with Gasteiger partial charge < -0.3 is 19.4 Å². The van der Waals surface area contributed by atoms with E-state index in [1.165, 1.54) is 20.1 Å². The molecule has 0 radical (unpaired) electrons. The fraction of sp³-hybridized carbons (Fsp3) is 0.429. The number of carbonyl (C=O) groups excluding carboxylic acids is 1. The summed E-state index contributed by atoms with van der Waals surface area (Å²) in [6, 6.07) is 3.29. The first-order chi connectivity index (χ1) is 14.6. The molecule has 0 bridgehead atoms. The molecular formula is C21H25F2N5O3. The van der Waals surface area contributed by atoms with Crippen LogP contribution in [0.2, 0.25) is 0 Å². The third-order valence-electron chi connectivity index (χ3n) is 4.49. The Labute approximate surface area is 178 Å². The van der Waals surface area contributed by atoms with Crippen molar-refractivity contribution in [1.29, 1.82) is 0 Å². The fourth-order valence-electron chi connectivity index (χ4n) is 3.09. The molecule has 31 heavy (non-hydrogen) atoms. The van der Waals surface area contributed by atoms with Gasteiger partial charge in [0.05, 0.1) is 24.0 Å². The Hall–Kier alpha value is -3.14. The van der Waals surface area contributed by atoms with E-state index in [0.717, 1.165) is 12.4 Å². The number of alkyl halides is 2. The highest BCUT2D eigenvalue weighted by atomic mass is 19.3. The van der Waals surface area contributed by atoms with Gasteiger partial charge in [-0.2, -0.15) is 13.8 Å². The van der Waals surface area contributed by atoms with E-state index in [9.17, 15) is 13.6 Å². The van der Waals surface area contributed by atoms with Crippen molar-refractivity contribution >= 4 is 22.6 Å². The second kappa shape index (κ2) is 8.93. The van der Waals surface area contributed by atoms with Crippen molar-refractivity contribution in [3.63, 3.8) is 0 Å². The van der Waals surface area contributed by atoms with Crippen LogP contribution in [0, 0.1) is 0 Å². The molecule has 0 aliphatic rings. The maximum Gasteiger partial charge on any atom is 0.303 e. The average molecular weight is 433 g/mol. The summed E-state index contributed by atoms with van der Waals surface area (Å²) in [5.74, 6) is -3.77. The van der Waals surface area contributed by atoms with Gasteiger partial charge in [-0.25, -0.2) is 9.97 Å². The SMILES string of the molecule is COCCOc1cc(-c2cn(C(C)C)c3cnc(NC(C)=O)cc23)nc(C(C)(F)F)n1. The minimum atomic E-state index is -3.26. The zero-order chi connectivity index (χ0) is 22.8. The van der Waals surface area contributed by atoms with Crippen molar-refractivity contribution in [3.8, 4) is 17.1 Å². The molecule has 1 amide bonds. The van der Waals surface area contributed by atoms with Gasteiger partial charge in [0.1, 0.15) is 12.4 Å². The van der Waals surface area contributed by atoms with Crippen molar-refractivity contribution < 1.29 is 23.0 Å². The van der Waals surface area contributed by atoms with Gasteiger partial charge in [-0.05, 0) is 19.9 Å². The highest BCUT2D eigenvalue weighted by molar-refractivity contribution is 5.98. The van der Waals surface area contributed by atoms with Gasteiger partial charge in [0.15, 0.2) is 0 Å². The molecule has 0 saturated carbocycles. The molecule has 0 spiro atoms. The Kier molecular flexibility index (Phi) is 6.49. The van der Waals surface area contributed by atoms with Crippen LogP contribution in [0.1, 0.15) is 39.6 Å². The number of hydrogen-bond acceptors (Lipinski definition) is 6. The van der Waals surface area contributed by atoms with Crippen molar-refractivity contribution in [1.82, 2.24) is 19.5 Å². The Morgan fingerprint density at radius 3 is 2.61 bits per heavy atom. The van der Waals surface area contributed by atoms with Gasteiger partial charge >= 0.3 is 5.92 Å². The fourth-order valence-corrected chi connectivity index (χ4v) is 3.09. The first-order valence-corrected chi connectivity index (χ1v) is 9.77. The maximum atomic E-state index is 14.1. The number of halogens is 2. The van der Waals surface area contributed by atoms with Crippen LogP contribution < -0.4 is 10.1 Å². The smallest absolute Gasteiger partial charge is 0.303 e. The van der Waals surface area contributed by atoms with Crippen LogP contribution in [0.5, 0.6) is 5.88 Å². The molecule has 3 heterocycles. The van der Waals surface area contributed by atoms with Crippen molar-refractivity contribution in [2.75, 3.05) is 25.6 Å². The summed E-state index contributed by atoms with van der Waals surface area (Å²) in [6.07, 6.45) is 3.46. The van der Waals surface area contributed by atoms with Crippen LogP contribution >= 0.6 is 0 Å². The Balaban J connectivity index is 2.20. The topological polar surface area (TPSA) is 91.2 Å². The van der Waals surface area contributed by atoms with Crippen molar-refractivity contribution in [3.05, 3.63) is 30.4 Å². The summed E-state index contributed by atoms with van der Waals surface area (Å²) in [4.78, 5) is 23.7. The van der Waals surface area contributed by atoms with E-state index in [1.807, 2.05) is 24.6 Å². The molecule has 0 unspecified atom stereocenters. The van der Waals surface area contributed by atoms with Gasteiger partial charge in [-0.15, -0.1) is 0 Å². The lowest BCUT2D eigenvalue weighted by Gasteiger charge is -2.13. The molecule has 0 aliphatic carbocycles. The molecule has 0 atom stereocenters. The van der Waals surface area contributed by atoms with Crippen LogP contribution in [0.4, 0.5) is 14.6 Å². The zero-order valence-corrected chi connectivity index (χ0v) is 18.1. The van der Waals surface area contributed by atoms with Crippen LogP contribution in [-0.2, 0) is 15.5 Å². The van der Waals surface area contributed by atoms with Crippen molar-refractivity contribution in [2.45, 2.75) is 39.7 Å². The molecule has 3 rings (SSSR count). The highest BCUT2D eigenvalue weighted by Gasteiger charge is 2.30. The molecule has 0 aromatic carbocycles. The third kappa shape index (κ3) is 5.13. The predicted molar refractivity (Wildman–Crippen MR) is 112 cm³/mol. The van der Waals surface area contributed by atoms with Crippen molar-refractivity contribution in [2.24, 2.45) is 0 Å². The van der Waals surface area contributed by atoms with E-state index in [-0.39, 0.29) is 36.7 Å². The summed E-state index contributed by atoms with van der Waals surface area (Å²) >= 11 is 0. The number of ether oxygens (including phenoxy) is 2. The zero-order valence-electron chi connectivity index (χ0n) is 18.1. The molecule has 1 N–H and O–H groups in total. The molecule has 0 fully saturated rings. The number of hydrogen-bond donors (Lipinski definition) is 1. The summed E-state index contributed by atoms with van der Waals surface area (Å²) < 4.78 is 40.6. The third-order valence-corrected chi connectivity index (χ3v) is 4.49. The highest BCUT2D eigenvalue weighted by Crippen LogP contribution is 2.35. The van der Waals surface area contributed by atoms with E-state index < -0.39 is 11.7 Å². The van der Waals surface area contributed by atoms with Gasteiger partial charge in [0, 0.05) is 50.2 Å². The minimum absolute atomic E-state index is 0.0279.